The lowest BCUT2D eigenvalue weighted by atomic mass is 10.0. The summed E-state index contributed by atoms with van der Waals surface area (Å²) in [5.74, 6) is -1.73. The first-order valence-electron chi connectivity index (χ1n) is 9.32. The summed E-state index contributed by atoms with van der Waals surface area (Å²) < 4.78 is 6.89. The maximum absolute atomic E-state index is 12.7. The molecular weight excluding hydrogens is 374 g/mol. The predicted octanol–water partition coefficient (Wildman–Crippen LogP) is 0.716. The van der Waals surface area contributed by atoms with Crippen molar-refractivity contribution in [3.8, 4) is 0 Å². The van der Waals surface area contributed by atoms with Crippen molar-refractivity contribution >= 4 is 17.8 Å². The second-order valence-corrected chi connectivity index (χ2v) is 7.21. The Bertz CT molecular complexity index is 970. The van der Waals surface area contributed by atoms with E-state index in [2.05, 4.69) is 0 Å². The van der Waals surface area contributed by atoms with E-state index in [-0.39, 0.29) is 43.4 Å². The van der Waals surface area contributed by atoms with Gasteiger partial charge in [-0.2, -0.15) is 0 Å². The Kier molecular flexibility index (Phi) is 6.11. The zero-order valence-electron chi connectivity index (χ0n) is 16.1. The largest absolute Gasteiger partial charge is 0.457 e. The van der Waals surface area contributed by atoms with E-state index >= 15 is 0 Å². The molecule has 0 aliphatic carbocycles. The van der Waals surface area contributed by atoms with Crippen LogP contribution in [0.1, 0.15) is 22.3 Å². The first-order chi connectivity index (χ1) is 13.8. The Hall–Kier alpha value is -3.42. The molecule has 2 amide bonds. The fourth-order valence-corrected chi connectivity index (χ4v) is 3.40. The summed E-state index contributed by atoms with van der Waals surface area (Å²) in [6.45, 7) is 2.06. The highest BCUT2D eigenvalue weighted by Crippen LogP contribution is 2.24. The van der Waals surface area contributed by atoms with Crippen molar-refractivity contribution in [2.75, 3.05) is 13.1 Å². The molecule has 0 saturated carbocycles. The van der Waals surface area contributed by atoms with Crippen molar-refractivity contribution in [3.05, 3.63) is 70.1 Å². The highest BCUT2D eigenvalue weighted by Gasteiger charge is 2.38. The van der Waals surface area contributed by atoms with Gasteiger partial charge in [-0.25, -0.2) is 4.79 Å². The quantitative estimate of drug-likeness (QED) is 0.722. The molecule has 3 rings (SSSR count). The van der Waals surface area contributed by atoms with E-state index in [1.807, 2.05) is 0 Å². The molecule has 2 N–H and O–H groups in total. The first-order valence-corrected chi connectivity index (χ1v) is 9.32. The lowest BCUT2D eigenvalue weighted by Gasteiger charge is -2.18. The van der Waals surface area contributed by atoms with Crippen molar-refractivity contribution in [2.24, 2.45) is 11.7 Å². The number of hydrogen-bond donors (Lipinski definition) is 1. The van der Waals surface area contributed by atoms with E-state index in [0.29, 0.717) is 5.56 Å². The van der Waals surface area contributed by atoms with Gasteiger partial charge in [0.25, 0.3) is 5.56 Å². The standard InChI is InChI=1S/C21H23N3O5/c1-14-7-8-23(19(26)9-14)13-20(27)24-11-16(10-18(22)25)17(12-24)29-21(28)15-5-3-2-4-6-15/h2-9,16-17H,10-13H2,1H3,(H2,22,25)/t16-,17+/m0/s1. The number of carbonyl (C=O) groups excluding carboxylic acids is 3. The molecule has 1 aliphatic rings. The van der Waals surface area contributed by atoms with Crippen LogP contribution in [-0.2, 0) is 20.9 Å². The fourth-order valence-electron chi connectivity index (χ4n) is 3.40. The van der Waals surface area contributed by atoms with E-state index in [1.165, 1.54) is 15.5 Å². The summed E-state index contributed by atoms with van der Waals surface area (Å²) in [5.41, 5.74) is 6.27. The van der Waals surface area contributed by atoms with Crippen LogP contribution < -0.4 is 11.3 Å². The number of hydrogen-bond acceptors (Lipinski definition) is 5. The van der Waals surface area contributed by atoms with Gasteiger partial charge < -0.3 is 19.9 Å². The molecule has 8 heteroatoms. The van der Waals surface area contributed by atoms with Crippen LogP contribution in [0.3, 0.4) is 0 Å². The van der Waals surface area contributed by atoms with Gasteiger partial charge in [-0.05, 0) is 30.7 Å². The second kappa shape index (κ2) is 8.72. The van der Waals surface area contributed by atoms with Crippen LogP contribution in [0.15, 0.2) is 53.5 Å². The Labute approximate surface area is 167 Å². The number of esters is 1. The van der Waals surface area contributed by atoms with Gasteiger partial charge in [0.2, 0.25) is 11.8 Å². The number of amides is 2. The Morgan fingerprint density at radius 3 is 2.52 bits per heavy atom. The third-order valence-corrected chi connectivity index (χ3v) is 4.92. The number of aromatic nitrogens is 1. The van der Waals surface area contributed by atoms with Crippen LogP contribution in [0.2, 0.25) is 0 Å². The number of aryl methyl sites for hydroxylation is 1. The van der Waals surface area contributed by atoms with Gasteiger partial charge >= 0.3 is 5.97 Å². The molecular formula is C21H23N3O5. The van der Waals surface area contributed by atoms with E-state index < -0.39 is 18.0 Å². The molecule has 29 heavy (non-hydrogen) atoms. The van der Waals surface area contributed by atoms with Crippen molar-refractivity contribution in [1.29, 1.82) is 0 Å². The lowest BCUT2D eigenvalue weighted by Crippen LogP contribution is -2.35. The molecule has 8 nitrogen and oxygen atoms in total. The van der Waals surface area contributed by atoms with E-state index in [9.17, 15) is 19.2 Å². The summed E-state index contributed by atoms with van der Waals surface area (Å²) in [7, 11) is 0. The predicted molar refractivity (Wildman–Crippen MR) is 105 cm³/mol. The maximum atomic E-state index is 12.7. The number of ether oxygens (including phenoxy) is 1. The summed E-state index contributed by atoms with van der Waals surface area (Å²) in [6, 6.07) is 11.7. The normalized spacial score (nSPS) is 18.4. The van der Waals surface area contributed by atoms with Crippen molar-refractivity contribution < 1.29 is 19.1 Å². The van der Waals surface area contributed by atoms with Crippen LogP contribution in [0.25, 0.3) is 0 Å². The van der Waals surface area contributed by atoms with Crippen LogP contribution in [0, 0.1) is 12.8 Å². The number of benzene rings is 1. The molecule has 0 spiro atoms. The molecule has 2 atom stereocenters. The van der Waals surface area contributed by atoms with E-state index in [4.69, 9.17) is 10.5 Å². The minimum absolute atomic E-state index is 0.000989. The molecule has 1 aromatic heterocycles. The van der Waals surface area contributed by atoms with Gasteiger partial charge in [0.1, 0.15) is 12.6 Å². The Balaban J connectivity index is 1.70. The van der Waals surface area contributed by atoms with Crippen molar-refractivity contribution in [2.45, 2.75) is 26.0 Å². The number of nitrogens with zero attached hydrogens (tertiary/aromatic N) is 2. The summed E-state index contributed by atoms with van der Waals surface area (Å²) in [5, 5.41) is 0. The zero-order valence-corrected chi connectivity index (χ0v) is 16.1. The fraction of sp³-hybridized carbons (Fsp3) is 0.333. The molecule has 0 bridgehead atoms. The molecule has 1 saturated heterocycles. The van der Waals surface area contributed by atoms with E-state index in [0.717, 1.165) is 5.56 Å². The van der Waals surface area contributed by atoms with Gasteiger partial charge in [-0.3, -0.25) is 14.4 Å². The lowest BCUT2D eigenvalue weighted by molar-refractivity contribution is -0.131. The monoisotopic (exact) mass is 397 g/mol. The molecule has 1 fully saturated rings. The molecule has 152 valence electrons. The molecule has 2 aromatic rings. The minimum atomic E-state index is -0.645. The number of primary amides is 1. The van der Waals surface area contributed by atoms with E-state index in [1.54, 1.807) is 49.5 Å². The van der Waals surface area contributed by atoms with Gasteiger partial charge in [-0.15, -0.1) is 0 Å². The Morgan fingerprint density at radius 2 is 1.86 bits per heavy atom. The summed E-state index contributed by atoms with van der Waals surface area (Å²) in [4.78, 5) is 50.0. The van der Waals surface area contributed by atoms with Gasteiger partial charge in [0.05, 0.1) is 12.1 Å². The number of nitrogens with two attached hydrogens (primary N) is 1. The first kappa shape index (κ1) is 20.3. The Morgan fingerprint density at radius 1 is 1.14 bits per heavy atom. The molecule has 0 unspecified atom stereocenters. The molecule has 1 aromatic carbocycles. The average Bonchev–Trinajstić information content (AvgIpc) is 3.06. The highest BCUT2D eigenvalue weighted by molar-refractivity contribution is 5.89. The zero-order chi connectivity index (χ0) is 21.0. The third kappa shape index (κ3) is 5.10. The van der Waals surface area contributed by atoms with Crippen LogP contribution >= 0.6 is 0 Å². The summed E-state index contributed by atoms with van der Waals surface area (Å²) >= 11 is 0. The molecule has 2 heterocycles. The maximum Gasteiger partial charge on any atom is 0.338 e. The van der Waals surface area contributed by atoms with Crippen molar-refractivity contribution in [1.82, 2.24) is 9.47 Å². The smallest absolute Gasteiger partial charge is 0.338 e. The van der Waals surface area contributed by atoms with Crippen molar-refractivity contribution in [3.63, 3.8) is 0 Å². The average molecular weight is 397 g/mol. The minimum Gasteiger partial charge on any atom is -0.457 e. The van der Waals surface area contributed by atoms with Crippen LogP contribution in [0.5, 0.6) is 0 Å². The highest BCUT2D eigenvalue weighted by atomic mass is 16.5. The number of likely N-dealkylation sites (tertiary alicyclic amines) is 1. The number of carbonyl (C=O) groups is 3. The topological polar surface area (TPSA) is 112 Å². The molecule has 0 radical (unpaired) electrons. The number of rotatable bonds is 6. The number of pyridine rings is 1. The summed E-state index contributed by atoms with van der Waals surface area (Å²) in [6.07, 6.45) is 0.925. The van der Waals surface area contributed by atoms with Crippen LogP contribution in [0.4, 0.5) is 0 Å². The van der Waals surface area contributed by atoms with Gasteiger partial charge in [0, 0.05) is 31.1 Å². The van der Waals surface area contributed by atoms with Gasteiger partial charge in [-0.1, -0.05) is 18.2 Å². The SMILES string of the molecule is Cc1ccn(CC(=O)N2C[C@H](CC(N)=O)[C@H](OC(=O)c3ccccc3)C2)c(=O)c1. The second-order valence-electron chi connectivity index (χ2n) is 7.21. The van der Waals surface area contributed by atoms with Gasteiger partial charge in [0.15, 0.2) is 0 Å². The third-order valence-electron chi connectivity index (χ3n) is 4.92. The van der Waals surface area contributed by atoms with Crippen LogP contribution in [-0.4, -0.2) is 46.4 Å². The molecule has 1 aliphatic heterocycles.